The molecule has 4 heteroatoms. The SMILES string of the molecule is CNCC(Sc1ncc(C)cn1)c1ccccc1. The Balaban J connectivity index is 2.14. The van der Waals surface area contributed by atoms with Crippen LogP contribution in [0.3, 0.4) is 0 Å². The van der Waals surface area contributed by atoms with Crippen LogP contribution in [0, 0.1) is 6.92 Å². The summed E-state index contributed by atoms with van der Waals surface area (Å²) in [5.41, 5.74) is 2.38. The second-order valence-electron chi connectivity index (χ2n) is 4.12. The van der Waals surface area contributed by atoms with E-state index >= 15 is 0 Å². The van der Waals surface area contributed by atoms with Gasteiger partial charge in [0.25, 0.3) is 0 Å². The summed E-state index contributed by atoms with van der Waals surface area (Å²) in [6, 6.07) is 10.4. The van der Waals surface area contributed by atoms with Gasteiger partial charge in [0.2, 0.25) is 0 Å². The van der Waals surface area contributed by atoms with Crippen molar-refractivity contribution >= 4 is 11.8 Å². The van der Waals surface area contributed by atoms with Crippen LogP contribution in [-0.4, -0.2) is 23.6 Å². The molecule has 0 aliphatic heterocycles. The minimum absolute atomic E-state index is 0.332. The highest BCUT2D eigenvalue weighted by Crippen LogP contribution is 2.32. The topological polar surface area (TPSA) is 37.8 Å². The number of aromatic nitrogens is 2. The third-order valence-electron chi connectivity index (χ3n) is 2.57. The molecule has 0 aliphatic rings. The molecule has 0 fully saturated rings. The molecule has 1 aromatic carbocycles. The molecular weight excluding hydrogens is 242 g/mol. The van der Waals surface area contributed by atoms with E-state index < -0.39 is 0 Å². The first kappa shape index (κ1) is 13.1. The van der Waals surface area contributed by atoms with E-state index in [1.807, 2.05) is 32.4 Å². The maximum absolute atomic E-state index is 4.35. The summed E-state index contributed by atoms with van der Waals surface area (Å²) in [6.07, 6.45) is 3.72. The van der Waals surface area contributed by atoms with E-state index in [2.05, 4.69) is 39.6 Å². The molecule has 2 rings (SSSR count). The second kappa shape index (κ2) is 6.52. The van der Waals surface area contributed by atoms with Gasteiger partial charge < -0.3 is 5.32 Å². The van der Waals surface area contributed by atoms with Gasteiger partial charge in [-0.2, -0.15) is 0 Å². The molecule has 0 spiro atoms. The average molecular weight is 259 g/mol. The van der Waals surface area contributed by atoms with Crippen molar-refractivity contribution in [3.63, 3.8) is 0 Å². The molecule has 1 aromatic heterocycles. The smallest absolute Gasteiger partial charge is 0.188 e. The summed E-state index contributed by atoms with van der Waals surface area (Å²) in [7, 11) is 1.96. The zero-order valence-corrected chi connectivity index (χ0v) is 11.4. The maximum Gasteiger partial charge on any atom is 0.188 e. The molecule has 1 atom stereocenters. The van der Waals surface area contributed by atoms with Crippen LogP contribution in [0.15, 0.2) is 47.9 Å². The lowest BCUT2D eigenvalue weighted by Gasteiger charge is -2.15. The van der Waals surface area contributed by atoms with Crippen LogP contribution in [-0.2, 0) is 0 Å². The number of aryl methyl sites for hydroxylation is 1. The van der Waals surface area contributed by atoms with E-state index in [1.54, 1.807) is 11.8 Å². The number of nitrogens with one attached hydrogen (secondary N) is 1. The van der Waals surface area contributed by atoms with Gasteiger partial charge in [0.05, 0.1) is 0 Å². The largest absolute Gasteiger partial charge is 0.318 e. The van der Waals surface area contributed by atoms with Gasteiger partial charge in [-0.3, -0.25) is 0 Å². The third kappa shape index (κ3) is 3.55. The summed E-state index contributed by atoms with van der Waals surface area (Å²) >= 11 is 1.69. The normalized spacial score (nSPS) is 12.3. The highest BCUT2D eigenvalue weighted by Gasteiger charge is 2.13. The summed E-state index contributed by atoms with van der Waals surface area (Å²) < 4.78 is 0. The van der Waals surface area contributed by atoms with Crippen molar-refractivity contribution in [2.45, 2.75) is 17.3 Å². The monoisotopic (exact) mass is 259 g/mol. The lowest BCUT2D eigenvalue weighted by Crippen LogP contribution is -2.15. The Morgan fingerprint density at radius 2 is 1.83 bits per heavy atom. The Labute approximate surface area is 112 Å². The number of benzene rings is 1. The first-order valence-corrected chi connectivity index (χ1v) is 6.82. The van der Waals surface area contributed by atoms with Crippen LogP contribution in [0.4, 0.5) is 0 Å². The quantitative estimate of drug-likeness (QED) is 0.662. The van der Waals surface area contributed by atoms with E-state index in [-0.39, 0.29) is 0 Å². The molecule has 0 radical (unpaired) electrons. The van der Waals surface area contributed by atoms with Crippen LogP contribution < -0.4 is 5.32 Å². The van der Waals surface area contributed by atoms with Gasteiger partial charge in [0.15, 0.2) is 5.16 Å². The molecule has 1 N–H and O–H groups in total. The molecule has 0 amide bonds. The van der Waals surface area contributed by atoms with E-state index in [0.717, 1.165) is 17.3 Å². The number of hydrogen-bond acceptors (Lipinski definition) is 4. The Hall–Kier alpha value is -1.39. The van der Waals surface area contributed by atoms with Gasteiger partial charge in [-0.25, -0.2) is 9.97 Å². The zero-order valence-electron chi connectivity index (χ0n) is 10.6. The number of likely N-dealkylation sites (N-methyl/N-ethyl adjacent to an activating group) is 1. The van der Waals surface area contributed by atoms with Crippen molar-refractivity contribution in [2.24, 2.45) is 0 Å². The molecule has 1 heterocycles. The van der Waals surface area contributed by atoms with Gasteiger partial charge >= 0.3 is 0 Å². The van der Waals surface area contributed by atoms with Gasteiger partial charge in [-0.15, -0.1) is 0 Å². The molecule has 1 unspecified atom stereocenters. The van der Waals surface area contributed by atoms with E-state index in [1.165, 1.54) is 5.56 Å². The predicted octanol–water partition coefficient (Wildman–Crippen LogP) is 2.84. The van der Waals surface area contributed by atoms with E-state index in [4.69, 9.17) is 0 Å². The number of thioether (sulfide) groups is 1. The van der Waals surface area contributed by atoms with Crippen molar-refractivity contribution in [3.8, 4) is 0 Å². The van der Waals surface area contributed by atoms with Gasteiger partial charge in [0.1, 0.15) is 0 Å². The number of hydrogen-bond donors (Lipinski definition) is 1. The van der Waals surface area contributed by atoms with Crippen LogP contribution in [0.5, 0.6) is 0 Å². The summed E-state index contributed by atoms with van der Waals surface area (Å²) in [4.78, 5) is 8.70. The zero-order chi connectivity index (χ0) is 12.8. The Kier molecular flexibility index (Phi) is 4.73. The fraction of sp³-hybridized carbons (Fsp3) is 0.286. The number of rotatable bonds is 5. The van der Waals surface area contributed by atoms with Crippen LogP contribution in [0.25, 0.3) is 0 Å². The molecule has 18 heavy (non-hydrogen) atoms. The Bertz CT molecular complexity index is 470. The average Bonchev–Trinajstić information content (AvgIpc) is 2.42. The highest BCUT2D eigenvalue weighted by atomic mass is 32.2. The van der Waals surface area contributed by atoms with Crippen molar-refractivity contribution in [1.82, 2.24) is 15.3 Å². The lowest BCUT2D eigenvalue weighted by atomic mass is 10.1. The summed E-state index contributed by atoms with van der Waals surface area (Å²) in [5, 5.41) is 4.38. The van der Waals surface area contributed by atoms with Crippen molar-refractivity contribution in [3.05, 3.63) is 53.9 Å². The van der Waals surface area contributed by atoms with E-state index in [0.29, 0.717) is 5.25 Å². The predicted molar refractivity (Wildman–Crippen MR) is 75.7 cm³/mol. The molecule has 2 aromatic rings. The molecule has 0 bridgehead atoms. The standard InChI is InChI=1S/C14H17N3S/c1-11-8-16-14(17-9-11)18-13(10-15-2)12-6-4-3-5-7-12/h3-9,13,15H,10H2,1-2H3. The van der Waals surface area contributed by atoms with Crippen LogP contribution >= 0.6 is 11.8 Å². The Morgan fingerprint density at radius 3 is 2.44 bits per heavy atom. The lowest BCUT2D eigenvalue weighted by molar-refractivity contribution is 0.773. The molecular formula is C14H17N3S. The van der Waals surface area contributed by atoms with Gasteiger partial charge in [-0.05, 0) is 25.1 Å². The third-order valence-corrected chi connectivity index (χ3v) is 3.71. The molecule has 0 saturated heterocycles. The first-order valence-electron chi connectivity index (χ1n) is 5.94. The van der Waals surface area contributed by atoms with E-state index in [9.17, 15) is 0 Å². The van der Waals surface area contributed by atoms with Gasteiger partial charge in [0, 0.05) is 24.2 Å². The molecule has 94 valence electrons. The van der Waals surface area contributed by atoms with Crippen molar-refractivity contribution in [2.75, 3.05) is 13.6 Å². The van der Waals surface area contributed by atoms with Crippen molar-refractivity contribution < 1.29 is 0 Å². The maximum atomic E-state index is 4.35. The van der Waals surface area contributed by atoms with Gasteiger partial charge in [-0.1, -0.05) is 42.1 Å². The van der Waals surface area contributed by atoms with Crippen LogP contribution in [0.2, 0.25) is 0 Å². The summed E-state index contributed by atoms with van der Waals surface area (Å²) in [6.45, 7) is 2.89. The Morgan fingerprint density at radius 1 is 1.17 bits per heavy atom. The minimum atomic E-state index is 0.332. The van der Waals surface area contributed by atoms with Crippen molar-refractivity contribution in [1.29, 1.82) is 0 Å². The summed E-state index contributed by atoms with van der Waals surface area (Å²) in [5.74, 6) is 0. The highest BCUT2D eigenvalue weighted by molar-refractivity contribution is 7.99. The second-order valence-corrected chi connectivity index (χ2v) is 5.29. The fourth-order valence-electron chi connectivity index (χ4n) is 1.65. The van der Waals surface area contributed by atoms with Crippen LogP contribution in [0.1, 0.15) is 16.4 Å². The molecule has 0 saturated carbocycles. The fourth-order valence-corrected chi connectivity index (χ4v) is 2.67. The first-order chi connectivity index (χ1) is 8.79. The molecule has 3 nitrogen and oxygen atoms in total. The number of nitrogens with zero attached hydrogens (tertiary/aromatic N) is 2. The minimum Gasteiger partial charge on any atom is -0.318 e. The molecule has 0 aliphatic carbocycles.